The molecule has 2 rings (SSSR count). The molecule has 2 amide bonds. The van der Waals surface area contributed by atoms with Crippen LogP contribution in [0.4, 0.5) is 4.79 Å². The van der Waals surface area contributed by atoms with Crippen molar-refractivity contribution in [3.8, 4) is 0 Å². The van der Waals surface area contributed by atoms with Crippen LogP contribution >= 0.6 is 0 Å². The number of urea groups is 1. The lowest BCUT2D eigenvalue weighted by Crippen LogP contribution is -2.42. The van der Waals surface area contributed by atoms with Crippen LogP contribution in [0.5, 0.6) is 0 Å². The molecule has 0 saturated heterocycles. The molecule has 1 N–H and O–H groups in total. The molecule has 2 aliphatic carbocycles. The molecule has 2 fully saturated rings. The predicted molar refractivity (Wildman–Crippen MR) is 69.6 cm³/mol. The van der Waals surface area contributed by atoms with E-state index in [9.17, 15) is 4.79 Å². The minimum Gasteiger partial charge on any atom is -0.325 e. The zero-order valence-corrected chi connectivity index (χ0v) is 11.0. The number of nitrogens with zero attached hydrogens (tertiary/aromatic N) is 1. The first-order chi connectivity index (χ1) is 8.18. The Bertz CT molecular complexity index is 301. The van der Waals surface area contributed by atoms with Gasteiger partial charge in [-0.25, -0.2) is 4.79 Å². The molecule has 17 heavy (non-hydrogen) atoms. The number of allylic oxidation sites excluding steroid dienone is 1. The highest BCUT2D eigenvalue weighted by Crippen LogP contribution is 2.35. The lowest BCUT2D eigenvalue weighted by atomic mass is 9.95. The molecule has 0 aliphatic heterocycles. The first-order valence-corrected chi connectivity index (χ1v) is 6.88. The van der Waals surface area contributed by atoms with Crippen LogP contribution in [0.1, 0.15) is 51.9 Å². The van der Waals surface area contributed by atoms with E-state index >= 15 is 0 Å². The van der Waals surface area contributed by atoms with Crippen LogP contribution in [-0.2, 0) is 0 Å². The summed E-state index contributed by atoms with van der Waals surface area (Å²) in [7, 11) is 1.92. The van der Waals surface area contributed by atoms with Crippen molar-refractivity contribution >= 4 is 6.03 Å². The molecule has 3 heteroatoms. The summed E-state index contributed by atoms with van der Waals surface area (Å²) in [4.78, 5) is 13.8. The van der Waals surface area contributed by atoms with Crippen LogP contribution in [0.2, 0.25) is 0 Å². The van der Waals surface area contributed by atoms with Gasteiger partial charge in [0.25, 0.3) is 0 Å². The third-order valence-electron chi connectivity index (χ3n) is 4.09. The summed E-state index contributed by atoms with van der Waals surface area (Å²) in [5, 5.41) is 2.93. The largest absolute Gasteiger partial charge is 0.325 e. The Morgan fingerprint density at radius 1 is 1.18 bits per heavy atom. The Kier molecular flexibility index (Phi) is 4.08. The lowest BCUT2D eigenvalue weighted by Gasteiger charge is -2.30. The maximum atomic E-state index is 12.0. The third kappa shape index (κ3) is 3.48. The summed E-state index contributed by atoms with van der Waals surface area (Å²) in [5.74, 6) is 0.732. The van der Waals surface area contributed by atoms with Crippen molar-refractivity contribution in [3.05, 3.63) is 11.8 Å². The van der Waals surface area contributed by atoms with Crippen LogP contribution in [-0.4, -0.2) is 24.0 Å². The van der Waals surface area contributed by atoms with Gasteiger partial charge in [0.15, 0.2) is 0 Å². The standard InChI is InChI=1S/C14H24N2O/c1-11(12-8-9-12)10-15-14(17)16(2)13-6-4-3-5-7-13/h10,12-13H,3-9H2,1-2H3,(H,15,17)/b11-10+. The highest BCUT2D eigenvalue weighted by atomic mass is 16.2. The molecule has 0 radical (unpaired) electrons. The van der Waals surface area contributed by atoms with Gasteiger partial charge in [-0.15, -0.1) is 0 Å². The van der Waals surface area contributed by atoms with E-state index in [1.54, 1.807) is 0 Å². The quantitative estimate of drug-likeness (QED) is 0.801. The Morgan fingerprint density at radius 2 is 1.82 bits per heavy atom. The molecular formula is C14H24N2O. The molecule has 0 aromatic heterocycles. The molecule has 0 spiro atoms. The zero-order valence-electron chi connectivity index (χ0n) is 11.0. The van der Waals surface area contributed by atoms with Gasteiger partial charge in [0.05, 0.1) is 0 Å². The second kappa shape index (κ2) is 5.56. The van der Waals surface area contributed by atoms with Gasteiger partial charge < -0.3 is 10.2 Å². The fourth-order valence-electron chi connectivity index (χ4n) is 2.57. The molecule has 0 heterocycles. The molecule has 0 atom stereocenters. The summed E-state index contributed by atoms with van der Waals surface area (Å²) in [6, 6.07) is 0.496. The molecule has 2 aliphatic rings. The third-order valence-corrected chi connectivity index (χ3v) is 4.09. The summed E-state index contributed by atoms with van der Waals surface area (Å²) >= 11 is 0. The van der Waals surface area contributed by atoms with Gasteiger partial charge in [-0.1, -0.05) is 24.8 Å². The van der Waals surface area contributed by atoms with Crippen molar-refractivity contribution in [2.75, 3.05) is 7.05 Å². The van der Waals surface area contributed by atoms with E-state index in [0.717, 1.165) is 18.8 Å². The molecular weight excluding hydrogens is 212 g/mol. The number of hydrogen-bond acceptors (Lipinski definition) is 1. The molecule has 0 bridgehead atoms. The topological polar surface area (TPSA) is 32.3 Å². The van der Waals surface area contributed by atoms with Gasteiger partial charge in [-0.2, -0.15) is 0 Å². The van der Waals surface area contributed by atoms with Crippen LogP contribution in [0.3, 0.4) is 0 Å². The average Bonchev–Trinajstić information content (AvgIpc) is 3.20. The normalized spacial score (nSPS) is 22.4. The molecule has 3 nitrogen and oxygen atoms in total. The Labute approximate surface area is 104 Å². The molecule has 96 valence electrons. The van der Waals surface area contributed by atoms with Crippen LogP contribution in [0.15, 0.2) is 11.8 Å². The van der Waals surface area contributed by atoms with E-state index in [-0.39, 0.29) is 6.03 Å². The number of hydrogen-bond donors (Lipinski definition) is 1. The smallest absolute Gasteiger partial charge is 0.321 e. The minimum absolute atomic E-state index is 0.0527. The maximum absolute atomic E-state index is 12.0. The van der Waals surface area contributed by atoms with Crippen LogP contribution in [0, 0.1) is 5.92 Å². The van der Waals surface area contributed by atoms with Crippen molar-refractivity contribution < 1.29 is 4.79 Å². The Morgan fingerprint density at radius 3 is 2.41 bits per heavy atom. The van der Waals surface area contributed by atoms with Gasteiger partial charge in [-0.3, -0.25) is 0 Å². The first-order valence-electron chi connectivity index (χ1n) is 6.88. The van der Waals surface area contributed by atoms with Crippen molar-refractivity contribution in [1.29, 1.82) is 0 Å². The Balaban J connectivity index is 1.79. The number of amides is 2. The lowest BCUT2D eigenvalue weighted by molar-refractivity contribution is 0.177. The number of nitrogens with one attached hydrogen (secondary N) is 1. The summed E-state index contributed by atoms with van der Waals surface area (Å²) in [5.41, 5.74) is 1.32. The SMILES string of the molecule is C/C(=C\NC(=O)N(C)C1CCCCC1)C1CC1. The van der Waals surface area contributed by atoms with Crippen molar-refractivity contribution in [2.24, 2.45) is 5.92 Å². The second-order valence-corrected chi connectivity index (χ2v) is 5.51. The number of carbonyl (C=O) groups is 1. The zero-order chi connectivity index (χ0) is 12.3. The minimum atomic E-state index is 0.0527. The number of rotatable bonds is 3. The Hall–Kier alpha value is -0.990. The van der Waals surface area contributed by atoms with Crippen molar-refractivity contribution in [3.63, 3.8) is 0 Å². The van der Waals surface area contributed by atoms with Crippen LogP contribution in [0.25, 0.3) is 0 Å². The van der Waals surface area contributed by atoms with E-state index in [2.05, 4.69) is 12.2 Å². The molecule has 0 aromatic carbocycles. The van der Waals surface area contributed by atoms with Crippen LogP contribution < -0.4 is 5.32 Å². The predicted octanol–water partition coefficient (Wildman–Crippen LogP) is 3.27. The van der Waals surface area contributed by atoms with Crippen molar-refractivity contribution in [2.45, 2.75) is 57.9 Å². The highest BCUT2D eigenvalue weighted by molar-refractivity contribution is 5.75. The maximum Gasteiger partial charge on any atom is 0.321 e. The van der Waals surface area contributed by atoms with Gasteiger partial charge in [0.2, 0.25) is 0 Å². The van der Waals surface area contributed by atoms with E-state index in [1.165, 1.54) is 37.7 Å². The summed E-state index contributed by atoms with van der Waals surface area (Å²) in [6.45, 7) is 2.11. The van der Waals surface area contributed by atoms with Gasteiger partial charge >= 0.3 is 6.03 Å². The molecule has 0 aromatic rings. The summed E-state index contributed by atoms with van der Waals surface area (Å²) in [6.07, 6.45) is 10.7. The van der Waals surface area contributed by atoms with E-state index in [4.69, 9.17) is 0 Å². The monoisotopic (exact) mass is 236 g/mol. The second-order valence-electron chi connectivity index (χ2n) is 5.51. The van der Waals surface area contributed by atoms with E-state index in [0.29, 0.717) is 6.04 Å². The van der Waals surface area contributed by atoms with Crippen molar-refractivity contribution in [1.82, 2.24) is 10.2 Å². The van der Waals surface area contributed by atoms with E-state index < -0.39 is 0 Å². The van der Waals surface area contributed by atoms with E-state index in [1.807, 2.05) is 18.1 Å². The highest BCUT2D eigenvalue weighted by Gasteiger charge is 2.24. The number of carbonyl (C=O) groups excluding carboxylic acids is 1. The molecule has 2 saturated carbocycles. The fourth-order valence-corrected chi connectivity index (χ4v) is 2.57. The summed E-state index contributed by atoms with van der Waals surface area (Å²) < 4.78 is 0. The van der Waals surface area contributed by atoms with Gasteiger partial charge in [0.1, 0.15) is 0 Å². The van der Waals surface area contributed by atoms with Gasteiger partial charge in [0, 0.05) is 19.3 Å². The molecule has 0 unspecified atom stereocenters. The van der Waals surface area contributed by atoms with Gasteiger partial charge in [-0.05, 0) is 38.5 Å². The fraction of sp³-hybridized carbons (Fsp3) is 0.786. The first kappa shape index (κ1) is 12.5. The average molecular weight is 236 g/mol.